The smallest absolute Gasteiger partial charge is 0.175 e. The van der Waals surface area contributed by atoms with Gasteiger partial charge in [0, 0.05) is 18.4 Å². The van der Waals surface area contributed by atoms with Gasteiger partial charge in [0.25, 0.3) is 0 Å². The predicted octanol–water partition coefficient (Wildman–Crippen LogP) is 2.35. The van der Waals surface area contributed by atoms with Crippen molar-refractivity contribution in [2.75, 3.05) is 12.8 Å². The Kier molecular flexibility index (Phi) is 5.08. The van der Waals surface area contributed by atoms with E-state index < -0.39 is 9.84 Å². The van der Waals surface area contributed by atoms with Crippen molar-refractivity contribution in [2.45, 2.75) is 25.3 Å². The summed E-state index contributed by atoms with van der Waals surface area (Å²) < 4.78 is 26.9. The van der Waals surface area contributed by atoms with Gasteiger partial charge in [-0.05, 0) is 36.1 Å². The topological polar surface area (TPSA) is 72.0 Å². The molecule has 5 nitrogen and oxygen atoms in total. The van der Waals surface area contributed by atoms with E-state index >= 15 is 0 Å². The maximum Gasteiger partial charge on any atom is 0.175 e. The van der Waals surface area contributed by atoms with E-state index in [2.05, 4.69) is 28.8 Å². The molecule has 0 spiro atoms. The van der Waals surface area contributed by atoms with Gasteiger partial charge in [0.15, 0.2) is 9.84 Å². The average molecular weight is 325 g/mol. The third-order valence-electron chi connectivity index (χ3n) is 2.95. The first-order chi connectivity index (χ1) is 9.88. The Bertz CT molecular complexity index is 691. The van der Waals surface area contributed by atoms with Crippen LogP contribution in [-0.4, -0.2) is 30.8 Å². The van der Waals surface area contributed by atoms with Crippen molar-refractivity contribution in [1.82, 2.24) is 14.9 Å². The number of hydrogen-bond acceptors (Lipinski definition) is 6. The number of aromatic nitrogens is 2. The van der Waals surface area contributed by atoms with Crippen molar-refractivity contribution in [2.24, 2.45) is 5.92 Å². The van der Waals surface area contributed by atoms with E-state index in [1.165, 1.54) is 17.8 Å². The fraction of sp³-hybridized carbons (Fsp3) is 0.429. The summed E-state index contributed by atoms with van der Waals surface area (Å²) in [6.07, 6.45) is 1.20. The molecule has 0 fully saturated rings. The zero-order chi connectivity index (χ0) is 15.5. The van der Waals surface area contributed by atoms with Gasteiger partial charge in [0.05, 0.1) is 9.77 Å². The van der Waals surface area contributed by atoms with E-state index in [0.717, 1.165) is 29.2 Å². The minimum Gasteiger partial charge on any atom is -0.311 e. The standard InChI is InChI=1S/C14H19N3O2S2/c1-10(2)8-15-9-13-14(16-17-20-13)11-4-6-12(7-5-11)21(3,18)19/h4-7,10,15H,8-9H2,1-3H3. The number of benzene rings is 1. The highest BCUT2D eigenvalue weighted by Gasteiger charge is 2.12. The summed E-state index contributed by atoms with van der Waals surface area (Å²) in [6, 6.07) is 6.77. The van der Waals surface area contributed by atoms with Crippen LogP contribution in [0.5, 0.6) is 0 Å². The second-order valence-corrected chi connectivity index (χ2v) is 8.22. The highest BCUT2D eigenvalue weighted by molar-refractivity contribution is 7.90. The minimum absolute atomic E-state index is 0.314. The number of rotatable bonds is 6. The molecule has 1 aromatic heterocycles. The van der Waals surface area contributed by atoms with E-state index in [-0.39, 0.29) is 0 Å². The summed E-state index contributed by atoms with van der Waals surface area (Å²) >= 11 is 1.36. The molecule has 0 bridgehead atoms. The van der Waals surface area contributed by atoms with Crippen molar-refractivity contribution in [3.05, 3.63) is 29.1 Å². The van der Waals surface area contributed by atoms with Crippen LogP contribution in [0, 0.1) is 5.92 Å². The second kappa shape index (κ2) is 6.64. The molecule has 0 radical (unpaired) electrons. The molecule has 0 saturated heterocycles. The van der Waals surface area contributed by atoms with Crippen molar-refractivity contribution >= 4 is 21.4 Å². The lowest BCUT2D eigenvalue weighted by molar-refractivity contribution is 0.555. The maximum atomic E-state index is 11.5. The molecule has 0 amide bonds. The van der Waals surface area contributed by atoms with Crippen LogP contribution in [0.4, 0.5) is 0 Å². The SMILES string of the molecule is CC(C)CNCc1snnc1-c1ccc(S(C)(=O)=O)cc1. The van der Waals surface area contributed by atoms with Crippen molar-refractivity contribution in [3.63, 3.8) is 0 Å². The molecule has 0 aliphatic carbocycles. The van der Waals surface area contributed by atoms with Crippen LogP contribution in [0.1, 0.15) is 18.7 Å². The number of nitrogens with zero attached hydrogens (tertiary/aromatic N) is 2. The van der Waals surface area contributed by atoms with Gasteiger partial charge in [-0.2, -0.15) is 0 Å². The van der Waals surface area contributed by atoms with Gasteiger partial charge in [-0.1, -0.05) is 30.5 Å². The minimum atomic E-state index is -3.17. The van der Waals surface area contributed by atoms with Crippen LogP contribution in [0.15, 0.2) is 29.2 Å². The Morgan fingerprint density at radius 2 is 1.90 bits per heavy atom. The summed E-state index contributed by atoms with van der Waals surface area (Å²) in [7, 11) is -3.17. The van der Waals surface area contributed by atoms with E-state index in [9.17, 15) is 8.42 Å². The molecule has 0 aliphatic heterocycles. The normalized spacial score (nSPS) is 12.0. The third-order valence-corrected chi connectivity index (χ3v) is 4.80. The molecule has 1 heterocycles. The lowest BCUT2D eigenvalue weighted by atomic mass is 10.1. The van der Waals surface area contributed by atoms with Gasteiger partial charge in [0.1, 0.15) is 5.69 Å². The van der Waals surface area contributed by atoms with Gasteiger partial charge < -0.3 is 5.32 Å². The van der Waals surface area contributed by atoms with Gasteiger partial charge >= 0.3 is 0 Å². The largest absolute Gasteiger partial charge is 0.311 e. The second-order valence-electron chi connectivity index (χ2n) is 5.37. The van der Waals surface area contributed by atoms with Crippen LogP contribution in [0.25, 0.3) is 11.3 Å². The number of hydrogen-bond donors (Lipinski definition) is 1. The molecule has 1 aromatic carbocycles. The summed E-state index contributed by atoms with van der Waals surface area (Å²) in [5.74, 6) is 0.586. The van der Waals surface area contributed by atoms with Crippen molar-refractivity contribution in [1.29, 1.82) is 0 Å². The fourth-order valence-corrected chi connectivity index (χ4v) is 3.14. The van der Waals surface area contributed by atoms with Crippen molar-refractivity contribution < 1.29 is 8.42 Å². The summed E-state index contributed by atoms with van der Waals surface area (Å²) in [4.78, 5) is 1.37. The van der Waals surface area contributed by atoms with Gasteiger partial charge in [0.2, 0.25) is 0 Å². The molecule has 2 aromatic rings. The Hall–Kier alpha value is -1.31. The Labute approximate surface area is 129 Å². The van der Waals surface area contributed by atoms with Crippen molar-refractivity contribution in [3.8, 4) is 11.3 Å². The Balaban J connectivity index is 2.17. The summed E-state index contributed by atoms with van der Waals surface area (Å²) in [5, 5.41) is 7.52. The van der Waals surface area contributed by atoms with Crippen LogP contribution in [0.3, 0.4) is 0 Å². The van der Waals surface area contributed by atoms with E-state index in [1.54, 1.807) is 24.3 Å². The quantitative estimate of drug-likeness (QED) is 0.882. The fourth-order valence-electron chi connectivity index (χ4n) is 1.88. The van der Waals surface area contributed by atoms with E-state index in [1.807, 2.05) is 0 Å². The monoisotopic (exact) mass is 325 g/mol. The number of nitrogens with one attached hydrogen (secondary N) is 1. The van der Waals surface area contributed by atoms with E-state index in [0.29, 0.717) is 10.8 Å². The molecule has 0 aliphatic rings. The molecule has 7 heteroatoms. The molecule has 2 rings (SSSR count). The molecule has 0 unspecified atom stereocenters. The van der Waals surface area contributed by atoms with Gasteiger partial charge in [-0.25, -0.2) is 8.42 Å². The van der Waals surface area contributed by atoms with E-state index in [4.69, 9.17) is 0 Å². The third kappa shape index (κ3) is 4.33. The molecule has 1 N–H and O–H groups in total. The van der Waals surface area contributed by atoms with Crippen LogP contribution in [-0.2, 0) is 16.4 Å². The molecule has 0 saturated carbocycles. The maximum absolute atomic E-state index is 11.5. The Morgan fingerprint density at radius 3 is 2.48 bits per heavy atom. The first-order valence-corrected chi connectivity index (χ1v) is 9.37. The molecule has 21 heavy (non-hydrogen) atoms. The lowest BCUT2D eigenvalue weighted by Gasteiger charge is -2.07. The first-order valence-electron chi connectivity index (χ1n) is 6.70. The van der Waals surface area contributed by atoms with Crippen LogP contribution in [0.2, 0.25) is 0 Å². The molecular formula is C14H19N3O2S2. The summed E-state index contributed by atoms with van der Waals surface area (Å²) in [6.45, 7) is 5.97. The highest BCUT2D eigenvalue weighted by atomic mass is 32.2. The predicted molar refractivity (Wildman–Crippen MR) is 85.0 cm³/mol. The zero-order valence-corrected chi connectivity index (χ0v) is 14.0. The van der Waals surface area contributed by atoms with Gasteiger partial charge in [-0.15, -0.1) is 5.10 Å². The zero-order valence-electron chi connectivity index (χ0n) is 12.3. The van der Waals surface area contributed by atoms with Crippen LogP contribution < -0.4 is 5.32 Å². The lowest BCUT2D eigenvalue weighted by Crippen LogP contribution is -2.18. The Morgan fingerprint density at radius 1 is 1.24 bits per heavy atom. The first kappa shape index (κ1) is 16.1. The highest BCUT2D eigenvalue weighted by Crippen LogP contribution is 2.25. The average Bonchev–Trinajstić information content (AvgIpc) is 2.86. The van der Waals surface area contributed by atoms with Gasteiger partial charge in [-0.3, -0.25) is 0 Å². The summed E-state index contributed by atoms with van der Waals surface area (Å²) in [5.41, 5.74) is 1.70. The van der Waals surface area contributed by atoms with Crippen LogP contribution >= 0.6 is 11.5 Å². The molecular weight excluding hydrogens is 306 g/mol. The molecule has 114 valence electrons. The molecule has 0 atom stereocenters. The number of sulfone groups is 1.